The van der Waals surface area contributed by atoms with E-state index in [-0.39, 0.29) is 0 Å². The number of hydrogen-bond acceptors (Lipinski definition) is 1. The average molecular weight is 178 g/mol. The fourth-order valence-corrected chi connectivity index (χ4v) is 1.80. The van der Waals surface area contributed by atoms with E-state index >= 15 is 0 Å². The van der Waals surface area contributed by atoms with Gasteiger partial charge in [0.15, 0.2) is 0 Å². The summed E-state index contributed by atoms with van der Waals surface area (Å²) in [5, 5.41) is 9.35. The van der Waals surface area contributed by atoms with Gasteiger partial charge in [0.1, 0.15) is 0 Å². The van der Waals surface area contributed by atoms with Crippen LogP contribution in [0, 0.1) is 18.3 Å². The third kappa shape index (κ3) is 4.15. The second kappa shape index (κ2) is 5.83. The lowest BCUT2D eigenvalue weighted by molar-refractivity contribution is 0.228. The fraction of sp³-hybridized carbons (Fsp3) is 0.667. The Morgan fingerprint density at radius 2 is 2.08 bits per heavy atom. The molecule has 0 heterocycles. The van der Waals surface area contributed by atoms with Gasteiger partial charge in [0.05, 0.1) is 6.10 Å². The number of allylic oxidation sites excluding steroid dienone is 1. The second-order valence-electron chi connectivity index (χ2n) is 3.76. The van der Waals surface area contributed by atoms with Gasteiger partial charge in [0.2, 0.25) is 0 Å². The first-order valence-electron chi connectivity index (χ1n) is 5.13. The van der Waals surface area contributed by atoms with Crippen LogP contribution in [-0.2, 0) is 0 Å². The van der Waals surface area contributed by atoms with Crippen LogP contribution in [0.5, 0.6) is 0 Å². The van der Waals surface area contributed by atoms with E-state index in [0.717, 1.165) is 0 Å². The molecule has 0 spiro atoms. The Labute approximate surface area is 80.9 Å². The Morgan fingerprint density at radius 1 is 1.38 bits per heavy atom. The molecule has 1 nitrogen and oxygen atoms in total. The predicted octanol–water partition coefficient (Wildman–Crippen LogP) is 2.51. The third-order valence-corrected chi connectivity index (χ3v) is 2.58. The van der Waals surface area contributed by atoms with Crippen LogP contribution in [0.3, 0.4) is 0 Å². The minimum absolute atomic E-state index is 0.434. The number of terminal acetylenes is 1. The molecule has 1 rings (SSSR count). The molecule has 0 aromatic rings. The third-order valence-electron chi connectivity index (χ3n) is 2.58. The van der Waals surface area contributed by atoms with E-state index in [4.69, 9.17) is 6.42 Å². The van der Waals surface area contributed by atoms with Crippen LogP contribution in [0.25, 0.3) is 0 Å². The van der Waals surface area contributed by atoms with Gasteiger partial charge < -0.3 is 5.11 Å². The van der Waals surface area contributed by atoms with Crippen LogP contribution in [0.2, 0.25) is 0 Å². The Hall–Kier alpha value is -0.740. The van der Waals surface area contributed by atoms with Crippen LogP contribution in [0.1, 0.15) is 38.5 Å². The molecule has 0 aliphatic heterocycles. The van der Waals surface area contributed by atoms with Crippen molar-refractivity contribution in [2.45, 2.75) is 44.6 Å². The standard InChI is InChI=1S/C12H18O/c1-2-6-12(13)10-9-11-7-4-3-5-8-11/h1,9-13H,3-8H2/b10-9+. The van der Waals surface area contributed by atoms with Crippen molar-refractivity contribution in [3.8, 4) is 12.3 Å². The van der Waals surface area contributed by atoms with Gasteiger partial charge in [0.25, 0.3) is 0 Å². The van der Waals surface area contributed by atoms with E-state index < -0.39 is 6.10 Å². The van der Waals surface area contributed by atoms with Crippen molar-refractivity contribution in [3.05, 3.63) is 12.2 Å². The zero-order chi connectivity index (χ0) is 9.52. The highest BCUT2D eigenvalue weighted by Gasteiger charge is 2.10. The van der Waals surface area contributed by atoms with Gasteiger partial charge in [-0.05, 0) is 18.8 Å². The molecular formula is C12H18O. The monoisotopic (exact) mass is 178 g/mol. The van der Waals surface area contributed by atoms with E-state index in [1.54, 1.807) is 0 Å². The van der Waals surface area contributed by atoms with Crippen LogP contribution in [0.4, 0.5) is 0 Å². The maximum atomic E-state index is 9.35. The molecule has 1 aliphatic carbocycles. The van der Waals surface area contributed by atoms with E-state index in [0.29, 0.717) is 12.3 Å². The molecule has 1 saturated carbocycles. The summed E-state index contributed by atoms with van der Waals surface area (Å²) in [5.41, 5.74) is 0. The summed E-state index contributed by atoms with van der Waals surface area (Å²) < 4.78 is 0. The molecule has 13 heavy (non-hydrogen) atoms. The second-order valence-corrected chi connectivity index (χ2v) is 3.76. The van der Waals surface area contributed by atoms with Crippen LogP contribution < -0.4 is 0 Å². The van der Waals surface area contributed by atoms with Crippen LogP contribution in [-0.4, -0.2) is 11.2 Å². The minimum atomic E-state index is -0.438. The van der Waals surface area contributed by atoms with Gasteiger partial charge in [-0.1, -0.05) is 31.4 Å². The van der Waals surface area contributed by atoms with Gasteiger partial charge in [-0.2, -0.15) is 0 Å². The lowest BCUT2D eigenvalue weighted by Crippen LogP contribution is -2.05. The number of rotatable bonds is 3. The molecule has 0 amide bonds. The van der Waals surface area contributed by atoms with Crippen molar-refractivity contribution in [2.24, 2.45) is 5.92 Å². The van der Waals surface area contributed by atoms with Gasteiger partial charge in [-0.25, -0.2) is 0 Å². The first kappa shape index (κ1) is 10.3. The number of hydrogen-bond donors (Lipinski definition) is 1. The molecule has 0 aromatic heterocycles. The SMILES string of the molecule is C#CCC(O)/C=C/C1CCCCC1. The summed E-state index contributed by atoms with van der Waals surface area (Å²) in [6.07, 6.45) is 15.7. The number of aliphatic hydroxyl groups excluding tert-OH is 1. The van der Waals surface area contributed by atoms with Gasteiger partial charge in [-0.15, -0.1) is 12.3 Å². The van der Waals surface area contributed by atoms with E-state index in [2.05, 4.69) is 12.0 Å². The Kier molecular flexibility index (Phi) is 4.64. The molecule has 0 saturated heterocycles. The normalized spacial score (nSPS) is 21.5. The van der Waals surface area contributed by atoms with Crippen molar-refractivity contribution < 1.29 is 5.11 Å². The number of aliphatic hydroxyl groups is 1. The minimum Gasteiger partial charge on any atom is -0.388 e. The first-order chi connectivity index (χ1) is 6.33. The highest BCUT2D eigenvalue weighted by molar-refractivity contribution is 4.99. The molecule has 0 bridgehead atoms. The Balaban J connectivity index is 2.25. The molecule has 0 aromatic carbocycles. The van der Waals surface area contributed by atoms with E-state index in [1.807, 2.05) is 6.08 Å². The lowest BCUT2D eigenvalue weighted by Gasteiger charge is -2.18. The molecule has 1 unspecified atom stereocenters. The molecule has 1 fully saturated rings. The summed E-state index contributed by atoms with van der Waals surface area (Å²) in [4.78, 5) is 0. The molecular weight excluding hydrogens is 160 g/mol. The van der Waals surface area contributed by atoms with Crippen LogP contribution >= 0.6 is 0 Å². The van der Waals surface area contributed by atoms with Crippen molar-refractivity contribution in [3.63, 3.8) is 0 Å². The summed E-state index contributed by atoms with van der Waals surface area (Å²) in [5.74, 6) is 3.14. The highest BCUT2D eigenvalue weighted by Crippen LogP contribution is 2.24. The van der Waals surface area contributed by atoms with E-state index in [9.17, 15) is 5.11 Å². The Morgan fingerprint density at radius 3 is 2.69 bits per heavy atom. The van der Waals surface area contributed by atoms with Gasteiger partial charge >= 0.3 is 0 Å². The molecule has 0 radical (unpaired) electrons. The predicted molar refractivity (Wildman–Crippen MR) is 55.2 cm³/mol. The van der Waals surface area contributed by atoms with Gasteiger partial charge in [0, 0.05) is 6.42 Å². The zero-order valence-electron chi connectivity index (χ0n) is 8.08. The fourth-order valence-electron chi connectivity index (χ4n) is 1.80. The van der Waals surface area contributed by atoms with Crippen LogP contribution in [0.15, 0.2) is 12.2 Å². The van der Waals surface area contributed by atoms with E-state index in [1.165, 1.54) is 32.1 Å². The molecule has 1 N–H and O–H groups in total. The van der Waals surface area contributed by atoms with Crippen molar-refractivity contribution in [1.29, 1.82) is 0 Å². The summed E-state index contributed by atoms with van der Waals surface area (Å²) in [6.45, 7) is 0. The maximum Gasteiger partial charge on any atom is 0.0830 e. The van der Waals surface area contributed by atoms with Crippen molar-refractivity contribution >= 4 is 0 Å². The molecule has 72 valence electrons. The largest absolute Gasteiger partial charge is 0.388 e. The quantitative estimate of drug-likeness (QED) is 0.520. The summed E-state index contributed by atoms with van der Waals surface area (Å²) in [7, 11) is 0. The maximum absolute atomic E-state index is 9.35. The van der Waals surface area contributed by atoms with Crippen molar-refractivity contribution in [1.82, 2.24) is 0 Å². The molecule has 1 aliphatic rings. The average Bonchev–Trinajstić information content (AvgIpc) is 2.17. The first-order valence-corrected chi connectivity index (χ1v) is 5.13. The molecule has 1 atom stereocenters. The smallest absolute Gasteiger partial charge is 0.0830 e. The van der Waals surface area contributed by atoms with Gasteiger partial charge in [-0.3, -0.25) is 0 Å². The summed E-state index contributed by atoms with van der Waals surface area (Å²) in [6, 6.07) is 0. The topological polar surface area (TPSA) is 20.2 Å². The van der Waals surface area contributed by atoms with Crippen molar-refractivity contribution in [2.75, 3.05) is 0 Å². The molecule has 1 heteroatoms. The zero-order valence-corrected chi connectivity index (χ0v) is 8.08. The lowest BCUT2D eigenvalue weighted by atomic mass is 9.89. The summed E-state index contributed by atoms with van der Waals surface area (Å²) >= 11 is 0. The highest BCUT2D eigenvalue weighted by atomic mass is 16.3. The Bertz CT molecular complexity index is 194.